The first kappa shape index (κ1) is 14.4. The number of pyridine rings is 1. The highest BCUT2D eigenvalue weighted by atomic mass is 32.9. The Morgan fingerprint density at radius 3 is 2.89 bits per heavy atom. The predicted molar refractivity (Wildman–Crippen MR) is 86.2 cm³/mol. The summed E-state index contributed by atoms with van der Waals surface area (Å²) in [5.74, 6) is 0. The molecule has 8 heteroatoms. The second kappa shape index (κ2) is 6.47. The third kappa shape index (κ3) is 3.75. The van der Waals surface area contributed by atoms with E-state index >= 15 is 0 Å². The van der Waals surface area contributed by atoms with Crippen LogP contribution in [0, 0.1) is 3.95 Å². The van der Waals surface area contributed by atoms with Crippen LogP contribution in [0.1, 0.15) is 5.56 Å². The molecule has 0 radical (unpaired) electrons. The Morgan fingerprint density at radius 2 is 2.26 bits per heavy atom. The smallest absolute Gasteiger partial charge is 0.204 e. The van der Waals surface area contributed by atoms with Gasteiger partial charge in [-0.1, -0.05) is 6.07 Å². The van der Waals surface area contributed by atoms with Crippen LogP contribution >= 0.6 is 45.1 Å². The SMILES string of the molecule is CN(C)C(=S)N=c1ssc(=S)n1Cc1cccnc1. The van der Waals surface area contributed by atoms with Gasteiger partial charge in [-0.2, -0.15) is 4.99 Å². The molecule has 2 rings (SSSR count). The van der Waals surface area contributed by atoms with Crippen LogP contribution in [-0.2, 0) is 6.54 Å². The molecule has 0 aromatic carbocycles. The van der Waals surface area contributed by atoms with Crippen molar-refractivity contribution in [3.05, 3.63) is 38.8 Å². The van der Waals surface area contributed by atoms with Gasteiger partial charge in [0.15, 0.2) is 9.07 Å². The topological polar surface area (TPSA) is 33.4 Å². The van der Waals surface area contributed by atoms with Crippen molar-refractivity contribution in [2.75, 3.05) is 14.1 Å². The third-order valence-electron chi connectivity index (χ3n) is 2.28. The molecule has 0 N–H and O–H groups in total. The molecule has 100 valence electrons. The van der Waals surface area contributed by atoms with Crippen LogP contribution in [0.2, 0.25) is 0 Å². The monoisotopic (exact) mass is 328 g/mol. The molecule has 0 aliphatic carbocycles. The van der Waals surface area contributed by atoms with Crippen LogP contribution in [0.5, 0.6) is 0 Å². The van der Waals surface area contributed by atoms with Crippen LogP contribution in [0.3, 0.4) is 0 Å². The van der Waals surface area contributed by atoms with Crippen molar-refractivity contribution in [2.45, 2.75) is 6.54 Å². The lowest BCUT2D eigenvalue weighted by molar-refractivity contribution is 0.624. The van der Waals surface area contributed by atoms with E-state index in [1.54, 1.807) is 21.4 Å². The minimum Gasteiger partial charge on any atom is -0.353 e. The maximum Gasteiger partial charge on any atom is 0.204 e. The number of rotatable bonds is 2. The Kier molecular flexibility index (Phi) is 4.92. The van der Waals surface area contributed by atoms with Crippen molar-refractivity contribution in [1.82, 2.24) is 14.5 Å². The highest BCUT2D eigenvalue weighted by Gasteiger charge is 2.04. The maximum atomic E-state index is 5.35. The fraction of sp³-hybridized carbons (Fsp3) is 0.273. The Morgan fingerprint density at radius 1 is 1.47 bits per heavy atom. The largest absolute Gasteiger partial charge is 0.353 e. The van der Waals surface area contributed by atoms with Gasteiger partial charge in [-0.3, -0.25) is 9.55 Å². The molecule has 0 saturated carbocycles. The number of nitrogens with zero attached hydrogens (tertiary/aromatic N) is 4. The Labute approximate surface area is 129 Å². The summed E-state index contributed by atoms with van der Waals surface area (Å²) >= 11 is 10.5. The molecular formula is C11H12N4S4. The van der Waals surface area contributed by atoms with Gasteiger partial charge in [0.05, 0.1) is 6.54 Å². The minimum absolute atomic E-state index is 0.545. The van der Waals surface area contributed by atoms with Crippen molar-refractivity contribution < 1.29 is 0 Å². The van der Waals surface area contributed by atoms with Gasteiger partial charge in [-0.25, -0.2) is 0 Å². The molecule has 0 atom stereocenters. The molecule has 0 spiro atoms. The number of aromatic nitrogens is 2. The fourth-order valence-electron chi connectivity index (χ4n) is 1.31. The first-order valence-corrected chi connectivity index (χ1v) is 8.39. The Balaban J connectivity index is 2.39. The van der Waals surface area contributed by atoms with E-state index in [-0.39, 0.29) is 0 Å². The zero-order valence-electron chi connectivity index (χ0n) is 10.4. The lowest BCUT2D eigenvalue weighted by Gasteiger charge is -2.08. The molecule has 0 fully saturated rings. The van der Waals surface area contributed by atoms with Gasteiger partial charge in [0, 0.05) is 26.5 Å². The van der Waals surface area contributed by atoms with Gasteiger partial charge in [-0.05, 0) is 56.7 Å². The number of hydrogen-bond donors (Lipinski definition) is 0. The van der Waals surface area contributed by atoms with Crippen LogP contribution < -0.4 is 4.80 Å². The summed E-state index contributed by atoms with van der Waals surface area (Å²) in [6, 6.07) is 3.93. The molecule has 0 unspecified atom stereocenters. The summed E-state index contributed by atoms with van der Waals surface area (Å²) in [6.07, 6.45) is 3.59. The number of thiocarbonyl (C=S) groups is 1. The molecule has 4 nitrogen and oxygen atoms in total. The van der Waals surface area contributed by atoms with E-state index in [4.69, 9.17) is 24.4 Å². The highest BCUT2D eigenvalue weighted by molar-refractivity contribution is 7.80. The summed E-state index contributed by atoms with van der Waals surface area (Å²) in [7, 11) is 6.83. The normalized spacial score (nSPS) is 11.6. The molecule has 2 aromatic heterocycles. The summed E-state index contributed by atoms with van der Waals surface area (Å²) < 4.78 is 2.78. The van der Waals surface area contributed by atoms with E-state index in [9.17, 15) is 0 Å². The van der Waals surface area contributed by atoms with E-state index < -0.39 is 0 Å². The van der Waals surface area contributed by atoms with Crippen LogP contribution in [0.15, 0.2) is 29.5 Å². The molecule has 0 amide bonds. The van der Waals surface area contributed by atoms with Crippen molar-refractivity contribution in [1.29, 1.82) is 0 Å². The first-order valence-electron chi connectivity index (χ1n) is 5.43. The lowest BCUT2D eigenvalue weighted by atomic mass is 10.3. The van der Waals surface area contributed by atoms with Gasteiger partial charge in [0.25, 0.3) is 0 Å². The van der Waals surface area contributed by atoms with E-state index in [0.717, 1.165) is 14.3 Å². The molecule has 2 heterocycles. The fourth-order valence-corrected chi connectivity index (χ4v) is 3.87. The summed E-state index contributed by atoms with van der Waals surface area (Å²) in [5, 5.41) is 0.545. The highest BCUT2D eigenvalue weighted by Crippen LogP contribution is 2.08. The average molecular weight is 329 g/mol. The first-order chi connectivity index (χ1) is 9.08. The van der Waals surface area contributed by atoms with E-state index in [1.807, 2.05) is 37.0 Å². The Bertz CT molecular complexity index is 680. The standard InChI is InChI=1S/C11H12N4S4/c1-14(2)9(16)13-10-15(11(17)19-18-10)7-8-4-3-5-12-6-8/h3-6H,7H2,1-2H3. The molecule has 0 saturated heterocycles. The summed E-state index contributed by atoms with van der Waals surface area (Å²) in [6.45, 7) is 0.668. The molecule has 2 aromatic rings. The Hall–Kier alpha value is -0.960. The quantitative estimate of drug-likeness (QED) is 0.627. The van der Waals surface area contributed by atoms with Crippen molar-refractivity contribution in [2.24, 2.45) is 4.99 Å². The van der Waals surface area contributed by atoms with Crippen LogP contribution in [0.4, 0.5) is 0 Å². The van der Waals surface area contributed by atoms with Gasteiger partial charge < -0.3 is 4.90 Å². The molecule has 19 heavy (non-hydrogen) atoms. The van der Waals surface area contributed by atoms with Crippen molar-refractivity contribution in [3.63, 3.8) is 0 Å². The van der Waals surface area contributed by atoms with Crippen molar-refractivity contribution >= 4 is 50.2 Å². The minimum atomic E-state index is 0.545. The van der Waals surface area contributed by atoms with Gasteiger partial charge in [0.1, 0.15) is 0 Å². The second-order valence-electron chi connectivity index (χ2n) is 3.95. The second-order valence-corrected chi connectivity index (χ2v) is 7.05. The van der Waals surface area contributed by atoms with Gasteiger partial charge in [0.2, 0.25) is 4.80 Å². The lowest BCUT2D eigenvalue weighted by Crippen LogP contribution is -2.23. The van der Waals surface area contributed by atoms with Gasteiger partial charge in [-0.15, -0.1) is 0 Å². The molecule has 0 aliphatic rings. The van der Waals surface area contributed by atoms with E-state index in [1.165, 1.54) is 10.3 Å². The summed E-state index contributed by atoms with van der Waals surface area (Å²) in [4.78, 5) is 11.2. The zero-order valence-corrected chi connectivity index (χ0v) is 13.7. The predicted octanol–water partition coefficient (Wildman–Crippen LogP) is 2.53. The molecular weight excluding hydrogens is 316 g/mol. The summed E-state index contributed by atoms with van der Waals surface area (Å²) in [5.41, 5.74) is 1.09. The molecule has 0 aliphatic heterocycles. The van der Waals surface area contributed by atoms with Crippen LogP contribution in [0.25, 0.3) is 0 Å². The van der Waals surface area contributed by atoms with Crippen molar-refractivity contribution in [3.8, 4) is 0 Å². The third-order valence-corrected chi connectivity index (χ3v) is 5.60. The molecule has 0 bridgehead atoms. The number of hydrogen-bond acceptors (Lipinski definition) is 5. The van der Waals surface area contributed by atoms with E-state index in [0.29, 0.717) is 11.7 Å². The zero-order chi connectivity index (χ0) is 13.8. The van der Waals surface area contributed by atoms with Crippen LogP contribution in [-0.4, -0.2) is 33.7 Å². The average Bonchev–Trinajstić information content (AvgIpc) is 2.72. The van der Waals surface area contributed by atoms with Gasteiger partial charge >= 0.3 is 0 Å². The van der Waals surface area contributed by atoms with E-state index in [2.05, 4.69) is 9.98 Å². The maximum absolute atomic E-state index is 5.35.